The predicted octanol–water partition coefficient (Wildman–Crippen LogP) is 3.26. The molecule has 0 N–H and O–H groups in total. The van der Waals surface area contributed by atoms with Crippen LogP contribution in [0.2, 0.25) is 5.15 Å². The molecule has 0 saturated heterocycles. The maximum Gasteiger partial charge on any atom is 0.227 e. The second kappa shape index (κ2) is 5.35. The summed E-state index contributed by atoms with van der Waals surface area (Å²) in [6.45, 7) is 6.08. The largest absolute Gasteiger partial charge is 0.435 e. The fourth-order valence-corrected chi connectivity index (χ4v) is 1.79. The molecule has 0 saturated carbocycles. The summed E-state index contributed by atoms with van der Waals surface area (Å²) in [6, 6.07) is 0.294. The van der Waals surface area contributed by atoms with E-state index in [9.17, 15) is 0 Å². The van der Waals surface area contributed by atoms with Crippen molar-refractivity contribution in [3.05, 3.63) is 29.4 Å². The highest BCUT2D eigenvalue weighted by Crippen LogP contribution is 2.27. The summed E-state index contributed by atoms with van der Waals surface area (Å²) >= 11 is 6.00. The van der Waals surface area contributed by atoms with E-state index < -0.39 is 0 Å². The first kappa shape index (κ1) is 12.8. The summed E-state index contributed by atoms with van der Waals surface area (Å²) in [4.78, 5) is 8.04. The van der Waals surface area contributed by atoms with Gasteiger partial charge in [0, 0.05) is 6.04 Å². The van der Waals surface area contributed by atoms with Crippen molar-refractivity contribution in [2.24, 2.45) is 0 Å². The van der Waals surface area contributed by atoms with Gasteiger partial charge in [0.25, 0.3) is 0 Å². The van der Waals surface area contributed by atoms with Crippen LogP contribution < -0.4 is 4.74 Å². The molecular formula is C12H15ClN4O. The summed E-state index contributed by atoms with van der Waals surface area (Å²) in [7, 11) is 0. The molecule has 0 radical (unpaired) electrons. The van der Waals surface area contributed by atoms with E-state index in [2.05, 4.69) is 28.9 Å². The van der Waals surface area contributed by atoms with E-state index >= 15 is 0 Å². The minimum atomic E-state index is 0.294. The van der Waals surface area contributed by atoms with Crippen molar-refractivity contribution < 1.29 is 4.74 Å². The molecule has 0 amide bonds. The highest BCUT2D eigenvalue weighted by molar-refractivity contribution is 6.30. The summed E-state index contributed by atoms with van der Waals surface area (Å²) < 4.78 is 7.52. The van der Waals surface area contributed by atoms with Gasteiger partial charge in [-0.1, -0.05) is 18.5 Å². The third kappa shape index (κ3) is 2.61. The molecule has 2 heterocycles. The van der Waals surface area contributed by atoms with Crippen LogP contribution in [0.15, 0.2) is 18.7 Å². The van der Waals surface area contributed by atoms with Crippen LogP contribution >= 0.6 is 11.6 Å². The van der Waals surface area contributed by atoms with Gasteiger partial charge in [0.15, 0.2) is 5.75 Å². The molecule has 0 bridgehead atoms. The standard InChI is InChI=1S/C12H15ClN4O/c1-4-10-11(13)14-7-15-12(10)18-9-5-16-17(6-9)8(2)3/h5-8H,4H2,1-3H3. The molecule has 2 aromatic heterocycles. The summed E-state index contributed by atoms with van der Waals surface area (Å²) in [5, 5.41) is 4.63. The smallest absolute Gasteiger partial charge is 0.227 e. The Hall–Kier alpha value is -1.62. The SMILES string of the molecule is CCc1c(Cl)ncnc1Oc1cnn(C(C)C)c1. The van der Waals surface area contributed by atoms with Gasteiger partial charge >= 0.3 is 0 Å². The Morgan fingerprint density at radius 3 is 2.78 bits per heavy atom. The summed E-state index contributed by atoms with van der Waals surface area (Å²) in [6.07, 6.45) is 5.60. The van der Waals surface area contributed by atoms with E-state index in [0.717, 1.165) is 5.56 Å². The number of rotatable bonds is 4. The molecule has 0 spiro atoms. The highest BCUT2D eigenvalue weighted by atomic mass is 35.5. The molecule has 0 unspecified atom stereocenters. The van der Waals surface area contributed by atoms with E-state index in [4.69, 9.17) is 16.3 Å². The normalized spacial score (nSPS) is 10.9. The number of hydrogen-bond acceptors (Lipinski definition) is 4. The second-order valence-corrected chi connectivity index (χ2v) is 4.51. The van der Waals surface area contributed by atoms with Gasteiger partial charge in [-0.05, 0) is 20.3 Å². The first-order valence-corrected chi connectivity index (χ1v) is 6.21. The van der Waals surface area contributed by atoms with Gasteiger partial charge in [0.2, 0.25) is 5.88 Å². The first-order valence-electron chi connectivity index (χ1n) is 5.83. The third-order valence-electron chi connectivity index (χ3n) is 2.53. The van der Waals surface area contributed by atoms with E-state index in [1.807, 2.05) is 17.8 Å². The maximum atomic E-state index is 6.00. The van der Waals surface area contributed by atoms with Gasteiger partial charge in [0.1, 0.15) is 11.5 Å². The molecule has 0 aliphatic heterocycles. The van der Waals surface area contributed by atoms with Crippen molar-refractivity contribution in [2.45, 2.75) is 33.2 Å². The fraction of sp³-hybridized carbons (Fsp3) is 0.417. The Morgan fingerprint density at radius 2 is 2.17 bits per heavy atom. The van der Waals surface area contributed by atoms with Crippen molar-refractivity contribution in [3.63, 3.8) is 0 Å². The van der Waals surface area contributed by atoms with E-state index in [0.29, 0.717) is 29.2 Å². The second-order valence-electron chi connectivity index (χ2n) is 4.15. The van der Waals surface area contributed by atoms with Crippen LogP contribution in [0.25, 0.3) is 0 Å². The lowest BCUT2D eigenvalue weighted by molar-refractivity contribution is 0.451. The average Bonchev–Trinajstić information content (AvgIpc) is 2.78. The number of ether oxygens (including phenoxy) is 1. The Morgan fingerprint density at radius 1 is 1.39 bits per heavy atom. The molecule has 0 atom stereocenters. The lowest BCUT2D eigenvalue weighted by Crippen LogP contribution is -2.00. The molecule has 6 heteroatoms. The third-order valence-corrected chi connectivity index (χ3v) is 2.85. The van der Waals surface area contributed by atoms with Crippen LogP contribution in [-0.2, 0) is 6.42 Å². The number of halogens is 1. The Kier molecular flexibility index (Phi) is 3.81. The van der Waals surface area contributed by atoms with Gasteiger partial charge in [-0.25, -0.2) is 9.97 Å². The van der Waals surface area contributed by atoms with Crippen LogP contribution in [-0.4, -0.2) is 19.7 Å². The minimum absolute atomic E-state index is 0.294. The minimum Gasteiger partial charge on any atom is -0.435 e. The summed E-state index contributed by atoms with van der Waals surface area (Å²) in [5.41, 5.74) is 0.802. The van der Waals surface area contributed by atoms with Crippen molar-refractivity contribution in [3.8, 4) is 11.6 Å². The van der Waals surface area contributed by atoms with Gasteiger partial charge in [0.05, 0.1) is 18.0 Å². The predicted molar refractivity (Wildman–Crippen MR) is 69.1 cm³/mol. The molecule has 18 heavy (non-hydrogen) atoms. The number of hydrogen-bond donors (Lipinski definition) is 0. The maximum absolute atomic E-state index is 6.00. The van der Waals surface area contributed by atoms with E-state index in [1.54, 1.807) is 6.20 Å². The van der Waals surface area contributed by atoms with Crippen LogP contribution in [0.5, 0.6) is 11.6 Å². The monoisotopic (exact) mass is 266 g/mol. The van der Waals surface area contributed by atoms with E-state index in [1.165, 1.54) is 6.33 Å². The summed E-state index contributed by atoms with van der Waals surface area (Å²) in [5.74, 6) is 1.13. The zero-order valence-corrected chi connectivity index (χ0v) is 11.3. The fourth-order valence-electron chi connectivity index (χ4n) is 1.53. The first-order chi connectivity index (χ1) is 8.61. The average molecular weight is 267 g/mol. The van der Waals surface area contributed by atoms with Crippen molar-refractivity contribution in [1.29, 1.82) is 0 Å². The highest BCUT2D eigenvalue weighted by Gasteiger charge is 2.11. The lowest BCUT2D eigenvalue weighted by Gasteiger charge is -2.07. The molecule has 0 aliphatic carbocycles. The van der Waals surface area contributed by atoms with Crippen LogP contribution in [0.3, 0.4) is 0 Å². The Bertz CT molecular complexity index is 539. The van der Waals surface area contributed by atoms with Crippen molar-refractivity contribution in [2.75, 3.05) is 0 Å². The Balaban J connectivity index is 2.25. The molecule has 5 nitrogen and oxygen atoms in total. The molecule has 96 valence electrons. The van der Waals surface area contributed by atoms with Gasteiger partial charge in [-0.3, -0.25) is 4.68 Å². The molecule has 2 aromatic rings. The van der Waals surface area contributed by atoms with Crippen LogP contribution in [0, 0.1) is 0 Å². The van der Waals surface area contributed by atoms with Crippen LogP contribution in [0.4, 0.5) is 0 Å². The zero-order chi connectivity index (χ0) is 13.1. The Labute approximate surface area is 111 Å². The molecule has 0 aromatic carbocycles. The number of aromatic nitrogens is 4. The van der Waals surface area contributed by atoms with Crippen molar-refractivity contribution in [1.82, 2.24) is 19.7 Å². The molecule has 0 aliphatic rings. The zero-order valence-electron chi connectivity index (χ0n) is 10.6. The van der Waals surface area contributed by atoms with Crippen molar-refractivity contribution >= 4 is 11.6 Å². The molecule has 0 fully saturated rings. The quantitative estimate of drug-likeness (QED) is 0.797. The van der Waals surface area contributed by atoms with Gasteiger partial charge < -0.3 is 4.74 Å². The topological polar surface area (TPSA) is 52.8 Å². The lowest BCUT2D eigenvalue weighted by atomic mass is 10.2. The van der Waals surface area contributed by atoms with Gasteiger partial charge in [-0.15, -0.1) is 0 Å². The van der Waals surface area contributed by atoms with Gasteiger partial charge in [-0.2, -0.15) is 5.10 Å². The van der Waals surface area contributed by atoms with E-state index in [-0.39, 0.29) is 0 Å². The van der Waals surface area contributed by atoms with Crippen LogP contribution in [0.1, 0.15) is 32.4 Å². The molecule has 2 rings (SSSR count). The number of nitrogens with zero attached hydrogens (tertiary/aromatic N) is 4. The molecular weight excluding hydrogens is 252 g/mol.